The van der Waals surface area contributed by atoms with E-state index >= 15 is 0 Å². The second kappa shape index (κ2) is 8.30. The fourth-order valence-electron chi connectivity index (χ4n) is 2.16. The summed E-state index contributed by atoms with van der Waals surface area (Å²) in [6.45, 7) is 3.53. The van der Waals surface area contributed by atoms with Gasteiger partial charge in [-0.2, -0.15) is 0 Å². The molecule has 3 aromatic rings. The molecule has 0 saturated carbocycles. The molecule has 140 valence electrons. The van der Waals surface area contributed by atoms with Crippen molar-refractivity contribution >= 4 is 27.3 Å². The Morgan fingerprint density at radius 1 is 1.30 bits per heavy atom. The maximum Gasteiger partial charge on any atom is 0.338 e. The zero-order valence-electron chi connectivity index (χ0n) is 14.1. The molecule has 0 aliphatic heterocycles. The normalized spacial score (nSPS) is 11.3. The summed E-state index contributed by atoms with van der Waals surface area (Å²) in [7, 11) is -3.63. The van der Waals surface area contributed by atoms with Crippen LogP contribution >= 0.6 is 11.3 Å². The van der Waals surface area contributed by atoms with E-state index < -0.39 is 16.0 Å². The largest absolute Gasteiger partial charge is 0.455 e. The quantitative estimate of drug-likeness (QED) is 0.457. The Hall–Kier alpha value is -2.75. The van der Waals surface area contributed by atoms with Gasteiger partial charge in [0.15, 0.2) is 5.76 Å². The molecule has 0 saturated heterocycles. The van der Waals surface area contributed by atoms with Gasteiger partial charge in [0, 0.05) is 12.6 Å². The van der Waals surface area contributed by atoms with E-state index in [1.807, 2.05) is 17.5 Å². The third-order valence-electron chi connectivity index (χ3n) is 3.49. The minimum atomic E-state index is -3.63. The van der Waals surface area contributed by atoms with Crippen molar-refractivity contribution in [3.63, 3.8) is 0 Å². The van der Waals surface area contributed by atoms with Crippen LogP contribution in [0.3, 0.4) is 0 Å². The molecule has 0 atom stereocenters. The highest BCUT2D eigenvalue weighted by atomic mass is 32.2. The van der Waals surface area contributed by atoms with Crippen molar-refractivity contribution in [1.82, 2.24) is 9.88 Å². The molecule has 0 radical (unpaired) electrons. The van der Waals surface area contributed by atoms with E-state index in [1.54, 1.807) is 6.07 Å². The monoisotopic (exact) mass is 404 g/mol. The number of carbonyl (C=O) groups is 1. The Bertz CT molecular complexity index is 1020. The van der Waals surface area contributed by atoms with Gasteiger partial charge >= 0.3 is 5.97 Å². The predicted molar refractivity (Wildman–Crippen MR) is 101 cm³/mol. The van der Waals surface area contributed by atoms with Crippen molar-refractivity contribution in [1.29, 1.82) is 0 Å². The fourth-order valence-corrected chi connectivity index (χ4v) is 3.83. The van der Waals surface area contributed by atoms with Crippen molar-refractivity contribution < 1.29 is 22.5 Å². The summed E-state index contributed by atoms with van der Waals surface area (Å²) in [6, 6.07) is 11.0. The molecule has 1 aromatic carbocycles. The molecular formula is C18H16N2O5S2. The van der Waals surface area contributed by atoms with Gasteiger partial charge in [0.2, 0.25) is 10.0 Å². The number of hydrogen-bond donors (Lipinski definition) is 1. The Balaban J connectivity index is 1.61. The molecule has 0 unspecified atom stereocenters. The SMILES string of the molecule is C=CCNS(=O)(=O)c1ccc(C(=O)OCc2cc(-c3cccs3)on2)cc1. The Morgan fingerprint density at radius 3 is 2.74 bits per heavy atom. The standard InChI is InChI=1S/C18H16N2O5S2/c1-2-9-19-27(22,23)15-7-5-13(6-8-15)18(21)24-12-14-11-16(25-20-14)17-4-3-10-26-17/h2-8,10-11,19H,1,9,12H2. The van der Waals surface area contributed by atoms with Crippen LogP contribution in [0.4, 0.5) is 0 Å². The molecule has 27 heavy (non-hydrogen) atoms. The molecule has 3 rings (SSSR count). The van der Waals surface area contributed by atoms with Crippen LogP contribution in [-0.4, -0.2) is 26.1 Å². The first kappa shape index (κ1) is 19.0. The number of sulfonamides is 1. The lowest BCUT2D eigenvalue weighted by atomic mass is 10.2. The van der Waals surface area contributed by atoms with E-state index in [2.05, 4.69) is 16.5 Å². The number of aromatic nitrogens is 1. The van der Waals surface area contributed by atoms with Gasteiger partial charge in [-0.3, -0.25) is 0 Å². The maximum atomic E-state index is 12.1. The molecule has 9 heteroatoms. The van der Waals surface area contributed by atoms with Crippen LogP contribution in [0.5, 0.6) is 0 Å². The lowest BCUT2D eigenvalue weighted by Gasteiger charge is -2.06. The van der Waals surface area contributed by atoms with Crippen LogP contribution in [0.2, 0.25) is 0 Å². The van der Waals surface area contributed by atoms with Crippen LogP contribution in [0.1, 0.15) is 16.1 Å². The van der Waals surface area contributed by atoms with E-state index in [-0.39, 0.29) is 23.6 Å². The summed E-state index contributed by atoms with van der Waals surface area (Å²) < 4.78 is 36.8. The molecule has 7 nitrogen and oxygen atoms in total. The number of esters is 1. The van der Waals surface area contributed by atoms with Gasteiger partial charge in [0.05, 0.1) is 15.3 Å². The van der Waals surface area contributed by atoms with Crippen molar-refractivity contribution in [2.24, 2.45) is 0 Å². The van der Waals surface area contributed by atoms with Crippen LogP contribution < -0.4 is 4.72 Å². The first-order chi connectivity index (χ1) is 13.0. The maximum absolute atomic E-state index is 12.1. The summed E-state index contributed by atoms with van der Waals surface area (Å²) in [5.41, 5.74) is 0.721. The first-order valence-corrected chi connectivity index (χ1v) is 10.2. The predicted octanol–water partition coefficient (Wildman–Crippen LogP) is 3.22. The van der Waals surface area contributed by atoms with Crippen molar-refractivity contribution in [2.75, 3.05) is 6.54 Å². The summed E-state index contributed by atoms with van der Waals surface area (Å²) >= 11 is 1.52. The zero-order chi connectivity index (χ0) is 19.3. The molecule has 2 aromatic heterocycles. The fraction of sp³-hybridized carbons (Fsp3) is 0.111. The van der Waals surface area contributed by atoms with E-state index in [4.69, 9.17) is 9.26 Å². The highest BCUT2D eigenvalue weighted by molar-refractivity contribution is 7.89. The first-order valence-electron chi connectivity index (χ1n) is 7.87. The lowest BCUT2D eigenvalue weighted by Crippen LogP contribution is -2.23. The third-order valence-corrected chi connectivity index (χ3v) is 5.82. The van der Waals surface area contributed by atoms with Crippen LogP contribution in [0.25, 0.3) is 10.6 Å². The Labute approximate surface area is 160 Å². The van der Waals surface area contributed by atoms with Crippen molar-refractivity contribution in [2.45, 2.75) is 11.5 Å². The summed E-state index contributed by atoms with van der Waals surface area (Å²) in [4.78, 5) is 13.1. The molecule has 0 aliphatic carbocycles. The third kappa shape index (κ3) is 4.70. The number of benzene rings is 1. The number of nitrogens with zero attached hydrogens (tertiary/aromatic N) is 1. The molecule has 0 aliphatic rings. The highest BCUT2D eigenvalue weighted by Gasteiger charge is 2.15. The molecule has 2 heterocycles. The molecule has 0 amide bonds. The van der Waals surface area contributed by atoms with Crippen LogP contribution in [0, 0.1) is 0 Å². The molecule has 1 N–H and O–H groups in total. The van der Waals surface area contributed by atoms with Crippen molar-refractivity contribution in [3.8, 4) is 10.6 Å². The number of hydrogen-bond acceptors (Lipinski definition) is 7. The highest BCUT2D eigenvalue weighted by Crippen LogP contribution is 2.25. The zero-order valence-corrected chi connectivity index (χ0v) is 15.8. The second-order valence-corrected chi connectivity index (χ2v) is 8.12. The van der Waals surface area contributed by atoms with Crippen molar-refractivity contribution in [3.05, 3.63) is 71.8 Å². The smallest absolute Gasteiger partial charge is 0.338 e. The van der Waals surface area contributed by atoms with Gasteiger partial charge in [0.1, 0.15) is 12.3 Å². The van der Waals surface area contributed by atoms with Gasteiger partial charge < -0.3 is 9.26 Å². The number of carbonyl (C=O) groups excluding carboxylic acids is 1. The molecule has 0 bridgehead atoms. The average Bonchev–Trinajstić information content (AvgIpc) is 3.36. The van der Waals surface area contributed by atoms with Gasteiger partial charge in [-0.15, -0.1) is 17.9 Å². The average molecular weight is 404 g/mol. The van der Waals surface area contributed by atoms with Crippen LogP contribution in [-0.2, 0) is 21.4 Å². The van der Waals surface area contributed by atoms with Crippen LogP contribution in [0.15, 0.2) is 69.9 Å². The van der Waals surface area contributed by atoms with Gasteiger partial charge in [0.25, 0.3) is 0 Å². The summed E-state index contributed by atoms with van der Waals surface area (Å²) in [5.74, 6) is 0.0244. The minimum absolute atomic E-state index is 0.0470. The van der Waals surface area contributed by atoms with E-state index in [9.17, 15) is 13.2 Å². The number of nitrogens with one attached hydrogen (secondary N) is 1. The minimum Gasteiger partial charge on any atom is -0.455 e. The molecule has 0 spiro atoms. The Morgan fingerprint density at radius 2 is 2.07 bits per heavy atom. The van der Waals surface area contributed by atoms with Gasteiger partial charge in [-0.25, -0.2) is 17.9 Å². The summed E-state index contributed by atoms with van der Waals surface area (Å²) in [6.07, 6.45) is 1.44. The molecular weight excluding hydrogens is 388 g/mol. The second-order valence-electron chi connectivity index (χ2n) is 5.40. The number of thiophene rings is 1. The van der Waals surface area contributed by atoms with E-state index in [0.717, 1.165) is 4.88 Å². The Kier molecular flexibility index (Phi) is 5.84. The number of rotatable bonds is 8. The van der Waals surface area contributed by atoms with E-state index in [0.29, 0.717) is 11.5 Å². The summed E-state index contributed by atoms with van der Waals surface area (Å²) in [5, 5.41) is 5.80. The van der Waals surface area contributed by atoms with Gasteiger partial charge in [-0.1, -0.05) is 17.3 Å². The van der Waals surface area contributed by atoms with E-state index in [1.165, 1.54) is 41.7 Å². The molecule has 0 fully saturated rings. The lowest BCUT2D eigenvalue weighted by molar-refractivity contribution is 0.0464. The van der Waals surface area contributed by atoms with Gasteiger partial charge in [-0.05, 0) is 35.7 Å². The topological polar surface area (TPSA) is 98.5 Å². The number of ether oxygens (including phenoxy) is 1.